The zero-order valence-corrected chi connectivity index (χ0v) is 13.0. The lowest BCUT2D eigenvalue weighted by Gasteiger charge is -2.18. The summed E-state index contributed by atoms with van der Waals surface area (Å²) in [7, 11) is 1.25. The van der Waals surface area contributed by atoms with Crippen molar-refractivity contribution in [2.75, 3.05) is 13.7 Å². The largest absolute Gasteiger partial charge is 0.469 e. The highest BCUT2D eigenvalue weighted by Crippen LogP contribution is 2.17. The molecule has 21 heavy (non-hydrogen) atoms. The summed E-state index contributed by atoms with van der Waals surface area (Å²) in [5, 5.41) is 0. The molecule has 0 unspecified atom stereocenters. The summed E-state index contributed by atoms with van der Waals surface area (Å²) in [5.41, 5.74) is 5.77. The maximum absolute atomic E-state index is 12.0. The topological polar surface area (TPSA) is 95.7 Å². The van der Waals surface area contributed by atoms with Crippen LogP contribution in [0.4, 0.5) is 0 Å². The summed E-state index contributed by atoms with van der Waals surface area (Å²) in [5.74, 6) is -1.85. The van der Waals surface area contributed by atoms with Gasteiger partial charge < -0.3 is 15.2 Å². The third kappa shape index (κ3) is 7.60. The molecule has 0 saturated carbocycles. The molecular formula is C15H25NO5. The third-order valence-electron chi connectivity index (χ3n) is 3.13. The molecule has 2 N–H and O–H groups in total. The Morgan fingerprint density at radius 2 is 1.90 bits per heavy atom. The van der Waals surface area contributed by atoms with Gasteiger partial charge in [0, 0.05) is 12.8 Å². The molecule has 0 aromatic carbocycles. The molecule has 120 valence electrons. The van der Waals surface area contributed by atoms with E-state index in [4.69, 9.17) is 10.5 Å². The molecule has 6 nitrogen and oxygen atoms in total. The Kier molecular flexibility index (Phi) is 9.28. The first-order chi connectivity index (χ1) is 9.83. The Hall–Kier alpha value is -1.69. The average Bonchev–Trinajstić information content (AvgIpc) is 2.46. The van der Waals surface area contributed by atoms with E-state index in [0.29, 0.717) is 0 Å². The molecule has 0 spiro atoms. The number of nitrogens with two attached hydrogens (primary N) is 1. The summed E-state index contributed by atoms with van der Waals surface area (Å²) in [4.78, 5) is 35.1. The molecule has 0 heterocycles. The lowest BCUT2D eigenvalue weighted by Crippen LogP contribution is -2.37. The first kappa shape index (κ1) is 19.3. The summed E-state index contributed by atoms with van der Waals surface area (Å²) >= 11 is 0. The van der Waals surface area contributed by atoms with Gasteiger partial charge >= 0.3 is 11.9 Å². The Labute approximate surface area is 125 Å². The monoisotopic (exact) mass is 299 g/mol. The Morgan fingerprint density at radius 1 is 1.29 bits per heavy atom. The molecule has 0 fully saturated rings. The van der Waals surface area contributed by atoms with E-state index in [-0.39, 0.29) is 37.6 Å². The van der Waals surface area contributed by atoms with Gasteiger partial charge in [0.1, 0.15) is 6.61 Å². The zero-order valence-electron chi connectivity index (χ0n) is 13.0. The second-order valence-corrected chi connectivity index (χ2v) is 5.17. The first-order valence-corrected chi connectivity index (χ1v) is 6.96. The van der Waals surface area contributed by atoms with E-state index in [0.717, 1.165) is 0 Å². The molecule has 0 aromatic rings. The van der Waals surface area contributed by atoms with Gasteiger partial charge in [0.15, 0.2) is 5.78 Å². The van der Waals surface area contributed by atoms with E-state index in [1.54, 1.807) is 0 Å². The van der Waals surface area contributed by atoms with Crippen LogP contribution in [0.3, 0.4) is 0 Å². The highest BCUT2D eigenvalue weighted by atomic mass is 16.5. The van der Waals surface area contributed by atoms with Gasteiger partial charge in [-0.05, 0) is 12.3 Å². The van der Waals surface area contributed by atoms with Crippen molar-refractivity contribution in [1.29, 1.82) is 0 Å². The van der Waals surface area contributed by atoms with E-state index in [1.165, 1.54) is 13.2 Å². The van der Waals surface area contributed by atoms with E-state index in [1.807, 2.05) is 13.8 Å². The quantitative estimate of drug-likeness (QED) is 0.481. The fraction of sp³-hybridized carbons (Fsp3) is 0.667. The van der Waals surface area contributed by atoms with Gasteiger partial charge in [-0.2, -0.15) is 0 Å². The number of hydrogen-bond acceptors (Lipinski definition) is 6. The van der Waals surface area contributed by atoms with Gasteiger partial charge in [-0.1, -0.05) is 26.5 Å². The Bertz CT molecular complexity index is 378. The predicted octanol–water partition coefficient (Wildman–Crippen LogP) is 1.23. The number of carbonyl (C=O) groups excluding carboxylic acids is 3. The Morgan fingerprint density at radius 3 is 2.38 bits per heavy atom. The second-order valence-electron chi connectivity index (χ2n) is 5.17. The van der Waals surface area contributed by atoms with E-state index >= 15 is 0 Å². The lowest BCUT2D eigenvalue weighted by atomic mass is 9.91. The minimum Gasteiger partial charge on any atom is -0.469 e. The van der Waals surface area contributed by atoms with Crippen LogP contribution < -0.4 is 5.73 Å². The number of esters is 2. The molecule has 0 radical (unpaired) electrons. The van der Waals surface area contributed by atoms with Crippen LogP contribution in [-0.4, -0.2) is 37.5 Å². The van der Waals surface area contributed by atoms with Gasteiger partial charge in [-0.25, -0.2) is 0 Å². The fourth-order valence-electron chi connectivity index (χ4n) is 1.74. The number of ketones is 1. The van der Waals surface area contributed by atoms with Gasteiger partial charge in [0.2, 0.25) is 0 Å². The van der Waals surface area contributed by atoms with E-state index in [2.05, 4.69) is 11.3 Å². The van der Waals surface area contributed by atoms with Crippen molar-refractivity contribution in [2.45, 2.75) is 39.2 Å². The lowest BCUT2D eigenvalue weighted by molar-refractivity contribution is -0.149. The summed E-state index contributed by atoms with van der Waals surface area (Å²) < 4.78 is 9.49. The van der Waals surface area contributed by atoms with Gasteiger partial charge in [-0.15, -0.1) is 0 Å². The molecule has 0 bridgehead atoms. The normalized spacial score (nSPS) is 13.4. The average molecular weight is 299 g/mol. The van der Waals surface area contributed by atoms with Crippen LogP contribution in [0.1, 0.15) is 33.1 Å². The van der Waals surface area contributed by atoms with Crippen molar-refractivity contribution in [3.05, 3.63) is 12.7 Å². The van der Waals surface area contributed by atoms with Crippen LogP contribution in [-0.2, 0) is 23.9 Å². The number of methoxy groups -OCH3 is 1. The molecule has 0 aromatic heterocycles. The maximum Gasteiger partial charge on any atom is 0.309 e. The maximum atomic E-state index is 12.0. The van der Waals surface area contributed by atoms with Crippen LogP contribution in [0.25, 0.3) is 0 Å². The summed E-state index contributed by atoms with van der Waals surface area (Å²) in [6, 6.07) is -0.620. The van der Waals surface area contributed by atoms with Gasteiger partial charge in [0.05, 0.1) is 19.1 Å². The van der Waals surface area contributed by atoms with Gasteiger partial charge in [-0.3, -0.25) is 14.4 Å². The SMILES string of the molecule is C=CCOC(=O)CC[C@H](CC(=O)[C@@H](N)C(C)C)C(=O)OC. The minimum absolute atomic E-state index is 0.00615. The summed E-state index contributed by atoms with van der Waals surface area (Å²) in [6.07, 6.45) is 1.67. The fourth-order valence-corrected chi connectivity index (χ4v) is 1.74. The highest BCUT2D eigenvalue weighted by Gasteiger charge is 2.27. The molecule has 0 aliphatic carbocycles. The molecule has 0 saturated heterocycles. The first-order valence-electron chi connectivity index (χ1n) is 6.96. The second kappa shape index (κ2) is 10.1. The van der Waals surface area contributed by atoms with Gasteiger partial charge in [0.25, 0.3) is 0 Å². The van der Waals surface area contributed by atoms with Crippen LogP contribution in [0.15, 0.2) is 12.7 Å². The van der Waals surface area contributed by atoms with Crippen molar-refractivity contribution in [1.82, 2.24) is 0 Å². The number of rotatable bonds is 10. The third-order valence-corrected chi connectivity index (χ3v) is 3.13. The van der Waals surface area contributed by atoms with Crippen molar-refractivity contribution in [2.24, 2.45) is 17.6 Å². The molecular weight excluding hydrogens is 274 g/mol. The predicted molar refractivity (Wildman–Crippen MR) is 78.3 cm³/mol. The van der Waals surface area contributed by atoms with Crippen LogP contribution >= 0.6 is 0 Å². The number of hydrogen-bond donors (Lipinski definition) is 1. The summed E-state index contributed by atoms with van der Waals surface area (Å²) in [6.45, 7) is 7.23. The van der Waals surface area contributed by atoms with Crippen LogP contribution in [0.5, 0.6) is 0 Å². The van der Waals surface area contributed by atoms with Crippen molar-refractivity contribution < 1.29 is 23.9 Å². The minimum atomic E-state index is -0.677. The number of carbonyl (C=O) groups is 3. The van der Waals surface area contributed by atoms with Crippen LogP contribution in [0.2, 0.25) is 0 Å². The molecule has 0 aliphatic rings. The molecule has 0 aliphatic heterocycles. The zero-order chi connectivity index (χ0) is 16.4. The van der Waals surface area contributed by atoms with Crippen molar-refractivity contribution in [3.8, 4) is 0 Å². The Balaban J connectivity index is 4.53. The smallest absolute Gasteiger partial charge is 0.309 e. The highest BCUT2D eigenvalue weighted by molar-refractivity contribution is 5.88. The molecule has 0 rings (SSSR count). The number of ether oxygens (including phenoxy) is 2. The standard InChI is InChI=1S/C15H25NO5/c1-5-8-21-13(18)7-6-11(15(19)20-4)9-12(17)14(16)10(2)3/h5,10-11,14H,1,6-9,16H2,2-4H3/t11-,14+/m1/s1. The van der Waals surface area contributed by atoms with Crippen molar-refractivity contribution in [3.63, 3.8) is 0 Å². The van der Waals surface area contributed by atoms with Crippen molar-refractivity contribution >= 4 is 17.7 Å². The molecule has 0 amide bonds. The number of Topliss-reactive ketones (excluding diaryl/α,β-unsaturated/α-hetero) is 1. The van der Waals surface area contributed by atoms with E-state index < -0.39 is 23.9 Å². The molecule has 6 heteroatoms. The molecule has 2 atom stereocenters. The van der Waals surface area contributed by atoms with Crippen LogP contribution in [0, 0.1) is 11.8 Å². The van der Waals surface area contributed by atoms with E-state index in [9.17, 15) is 14.4 Å².